The van der Waals surface area contributed by atoms with E-state index in [9.17, 15) is 4.39 Å². The monoisotopic (exact) mass is 204 g/mol. The molecule has 1 aromatic rings. The zero-order valence-corrected chi connectivity index (χ0v) is 8.49. The molecule has 1 aliphatic heterocycles. The van der Waals surface area contributed by atoms with Crippen LogP contribution in [-0.4, -0.2) is 12.6 Å². The van der Waals surface area contributed by atoms with Crippen molar-refractivity contribution in [3.05, 3.63) is 30.1 Å². The molecule has 1 fully saturated rings. The van der Waals surface area contributed by atoms with Gasteiger partial charge in [-0.05, 0) is 43.5 Å². The summed E-state index contributed by atoms with van der Waals surface area (Å²) in [4.78, 5) is 2.06. The second kappa shape index (κ2) is 4.31. The summed E-state index contributed by atoms with van der Waals surface area (Å²) < 4.78 is 12.7. The highest BCUT2D eigenvalue weighted by molar-refractivity contribution is 5.49. The molecule has 1 unspecified atom stereocenters. The fraction of sp³-hybridized carbons (Fsp3) is 0.417. The third-order valence-electron chi connectivity index (χ3n) is 2.81. The van der Waals surface area contributed by atoms with Crippen LogP contribution in [0.5, 0.6) is 0 Å². The highest BCUT2D eigenvalue weighted by atomic mass is 19.1. The van der Waals surface area contributed by atoms with Crippen LogP contribution in [0.1, 0.15) is 19.3 Å². The van der Waals surface area contributed by atoms with Crippen LogP contribution in [0.3, 0.4) is 0 Å². The Morgan fingerprint density at radius 2 is 2.00 bits per heavy atom. The molecule has 1 aliphatic rings. The van der Waals surface area contributed by atoms with Gasteiger partial charge in [0.25, 0.3) is 0 Å². The molecule has 1 saturated heterocycles. The van der Waals surface area contributed by atoms with Gasteiger partial charge in [-0.2, -0.15) is 5.26 Å². The number of hydrogen-bond acceptors (Lipinski definition) is 2. The van der Waals surface area contributed by atoms with Crippen LogP contribution in [0.2, 0.25) is 0 Å². The van der Waals surface area contributed by atoms with Gasteiger partial charge in [-0.15, -0.1) is 0 Å². The number of anilines is 1. The van der Waals surface area contributed by atoms with E-state index in [1.165, 1.54) is 12.1 Å². The zero-order chi connectivity index (χ0) is 10.7. The molecule has 0 aromatic heterocycles. The van der Waals surface area contributed by atoms with E-state index in [0.29, 0.717) is 0 Å². The average molecular weight is 204 g/mol. The molecule has 2 nitrogen and oxygen atoms in total. The SMILES string of the molecule is N#CC1CCCCN1c1ccc(F)cc1. The van der Waals surface area contributed by atoms with Gasteiger partial charge in [0.05, 0.1) is 6.07 Å². The Morgan fingerprint density at radius 3 is 2.67 bits per heavy atom. The summed E-state index contributed by atoms with van der Waals surface area (Å²) in [5.41, 5.74) is 0.947. The molecule has 3 heteroatoms. The van der Waals surface area contributed by atoms with E-state index in [2.05, 4.69) is 11.0 Å². The van der Waals surface area contributed by atoms with Crippen molar-refractivity contribution in [1.82, 2.24) is 0 Å². The number of nitrogens with zero attached hydrogens (tertiary/aromatic N) is 2. The van der Waals surface area contributed by atoms with Crippen molar-refractivity contribution in [2.45, 2.75) is 25.3 Å². The summed E-state index contributed by atoms with van der Waals surface area (Å²) in [6.07, 6.45) is 3.12. The summed E-state index contributed by atoms with van der Waals surface area (Å²) in [5, 5.41) is 9.01. The number of hydrogen-bond donors (Lipinski definition) is 0. The molecule has 1 atom stereocenters. The molecule has 2 rings (SSSR count). The second-order valence-corrected chi connectivity index (χ2v) is 3.81. The van der Waals surface area contributed by atoms with E-state index in [0.717, 1.165) is 31.5 Å². The number of rotatable bonds is 1. The van der Waals surface area contributed by atoms with Gasteiger partial charge in [0.1, 0.15) is 11.9 Å². The van der Waals surface area contributed by atoms with Crippen molar-refractivity contribution in [3.63, 3.8) is 0 Å². The first-order valence-electron chi connectivity index (χ1n) is 5.23. The van der Waals surface area contributed by atoms with Crippen molar-refractivity contribution in [3.8, 4) is 6.07 Å². The van der Waals surface area contributed by atoms with Gasteiger partial charge in [-0.3, -0.25) is 0 Å². The minimum Gasteiger partial charge on any atom is -0.356 e. The Bertz CT molecular complexity index is 366. The molecule has 0 aliphatic carbocycles. The lowest BCUT2D eigenvalue weighted by atomic mass is 10.0. The number of benzene rings is 1. The minimum absolute atomic E-state index is 0.0517. The molecule has 0 bridgehead atoms. The molecule has 15 heavy (non-hydrogen) atoms. The smallest absolute Gasteiger partial charge is 0.123 e. The molecule has 0 saturated carbocycles. The third-order valence-corrected chi connectivity index (χ3v) is 2.81. The Morgan fingerprint density at radius 1 is 1.27 bits per heavy atom. The largest absolute Gasteiger partial charge is 0.356 e. The van der Waals surface area contributed by atoms with Crippen LogP contribution in [0, 0.1) is 17.1 Å². The van der Waals surface area contributed by atoms with Gasteiger partial charge in [0.15, 0.2) is 0 Å². The lowest BCUT2D eigenvalue weighted by Crippen LogP contribution is -2.38. The summed E-state index contributed by atoms with van der Waals surface area (Å²) >= 11 is 0. The van der Waals surface area contributed by atoms with E-state index in [-0.39, 0.29) is 11.9 Å². The molecule has 0 N–H and O–H groups in total. The van der Waals surface area contributed by atoms with Crippen LogP contribution < -0.4 is 4.90 Å². The fourth-order valence-electron chi connectivity index (χ4n) is 2.01. The van der Waals surface area contributed by atoms with Gasteiger partial charge >= 0.3 is 0 Å². The average Bonchev–Trinajstić information content (AvgIpc) is 2.30. The predicted octanol–water partition coefficient (Wildman–Crippen LogP) is 2.71. The van der Waals surface area contributed by atoms with Crippen molar-refractivity contribution in [1.29, 1.82) is 5.26 Å². The van der Waals surface area contributed by atoms with Gasteiger partial charge in [-0.25, -0.2) is 4.39 Å². The first-order valence-corrected chi connectivity index (χ1v) is 5.23. The number of nitriles is 1. The Labute approximate surface area is 88.9 Å². The molecule has 1 heterocycles. The van der Waals surface area contributed by atoms with E-state index >= 15 is 0 Å². The molecule has 0 amide bonds. The van der Waals surface area contributed by atoms with Crippen molar-refractivity contribution < 1.29 is 4.39 Å². The van der Waals surface area contributed by atoms with Gasteiger partial charge in [-0.1, -0.05) is 0 Å². The van der Waals surface area contributed by atoms with Gasteiger partial charge in [0.2, 0.25) is 0 Å². The molecule has 78 valence electrons. The zero-order valence-electron chi connectivity index (χ0n) is 8.49. The van der Waals surface area contributed by atoms with Crippen LogP contribution in [0.4, 0.5) is 10.1 Å². The maximum absolute atomic E-state index is 12.7. The van der Waals surface area contributed by atoms with E-state index in [1.54, 1.807) is 12.1 Å². The number of halogens is 1. The van der Waals surface area contributed by atoms with E-state index in [4.69, 9.17) is 5.26 Å². The van der Waals surface area contributed by atoms with Crippen molar-refractivity contribution >= 4 is 5.69 Å². The molecule has 1 aromatic carbocycles. The van der Waals surface area contributed by atoms with Crippen LogP contribution in [-0.2, 0) is 0 Å². The Kier molecular flexibility index (Phi) is 2.86. The maximum Gasteiger partial charge on any atom is 0.123 e. The predicted molar refractivity (Wildman–Crippen MR) is 57.0 cm³/mol. The first-order chi connectivity index (χ1) is 7.31. The Balaban J connectivity index is 2.21. The highest BCUT2D eigenvalue weighted by Gasteiger charge is 2.21. The van der Waals surface area contributed by atoms with Crippen molar-refractivity contribution in [2.75, 3.05) is 11.4 Å². The molecule has 0 radical (unpaired) electrons. The standard InChI is InChI=1S/C12H13FN2/c13-10-4-6-11(7-5-10)15-8-2-1-3-12(15)9-14/h4-7,12H,1-3,8H2. The van der Waals surface area contributed by atoms with Crippen LogP contribution in [0.15, 0.2) is 24.3 Å². The second-order valence-electron chi connectivity index (χ2n) is 3.81. The topological polar surface area (TPSA) is 27.0 Å². The summed E-state index contributed by atoms with van der Waals surface area (Å²) in [7, 11) is 0. The van der Waals surface area contributed by atoms with E-state index in [1.807, 2.05) is 0 Å². The summed E-state index contributed by atoms with van der Waals surface area (Å²) in [6, 6.07) is 8.62. The lowest BCUT2D eigenvalue weighted by Gasteiger charge is -2.33. The quantitative estimate of drug-likeness (QED) is 0.703. The molecular formula is C12H13FN2. The lowest BCUT2D eigenvalue weighted by molar-refractivity contribution is 0.520. The van der Waals surface area contributed by atoms with Crippen molar-refractivity contribution in [2.24, 2.45) is 0 Å². The fourth-order valence-corrected chi connectivity index (χ4v) is 2.01. The number of piperidine rings is 1. The normalized spacial score (nSPS) is 21.1. The molecule has 0 spiro atoms. The highest BCUT2D eigenvalue weighted by Crippen LogP contribution is 2.24. The van der Waals surface area contributed by atoms with Gasteiger partial charge < -0.3 is 4.90 Å². The van der Waals surface area contributed by atoms with Crippen LogP contribution >= 0.6 is 0 Å². The molecular weight excluding hydrogens is 191 g/mol. The van der Waals surface area contributed by atoms with Gasteiger partial charge in [0, 0.05) is 12.2 Å². The summed E-state index contributed by atoms with van der Waals surface area (Å²) in [5.74, 6) is -0.232. The van der Waals surface area contributed by atoms with Crippen LogP contribution in [0.25, 0.3) is 0 Å². The Hall–Kier alpha value is -1.56. The third kappa shape index (κ3) is 2.10. The van der Waals surface area contributed by atoms with E-state index < -0.39 is 0 Å². The maximum atomic E-state index is 12.7. The summed E-state index contributed by atoms with van der Waals surface area (Å²) in [6.45, 7) is 0.893. The first kappa shape index (κ1) is 9.97. The minimum atomic E-state index is -0.232.